The summed E-state index contributed by atoms with van der Waals surface area (Å²) in [6, 6.07) is 5.88. The molecule has 0 aliphatic carbocycles. The van der Waals surface area contributed by atoms with Gasteiger partial charge in [-0.05, 0) is 37.6 Å². The quantitative estimate of drug-likeness (QED) is 0.841. The van der Waals surface area contributed by atoms with Gasteiger partial charge in [0.1, 0.15) is 10.8 Å². The third kappa shape index (κ3) is 3.23. The largest absolute Gasteiger partial charge is 0.389 e. The number of thiophene rings is 1. The Morgan fingerprint density at radius 1 is 1.47 bits per heavy atom. The molecule has 0 amide bonds. The lowest BCUT2D eigenvalue weighted by Gasteiger charge is -2.16. The summed E-state index contributed by atoms with van der Waals surface area (Å²) in [6.07, 6.45) is 1.74. The zero-order valence-corrected chi connectivity index (χ0v) is 13.0. The van der Waals surface area contributed by atoms with Gasteiger partial charge in [0.05, 0.1) is 15.9 Å². The number of hydrogen-bond donors (Lipinski definition) is 2. The summed E-state index contributed by atoms with van der Waals surface area (Å²) in [5.74, 6) is 0.713. The summed E-state index contributed by atoms with van der Waals surface area (Å²) in [5, 5.41) is 3.34. The van der Waals surface area contributed by atoms with E-state index in [1.165, 1.54) is 0 Å². The number of anilines is 1. The van der Waals surface area contributed by atoms with Gasteiger partial charge in [-0.15, -0.1) is 11.3 Å². The van der Waals surface area contributed by atoms with Crippen LogP contribution in [-0.2, 0) is 0 Å². The Balaban J connectivity index is 2.28. The molecule has 100 valence electrons. The molecule has 2 rings (SSSR count). The van der Waals surface area contributed by atoms with Crippen molar-refractivity contribution in [3.63, 3.8) is 0 Å². The number of aromatic nitrogens is 1. The van der Waals surface area contributed by atoms with Gasteiger partial charge in [0.25, 0.3) is 0 Å². The van der Waals surface area contributed by atoms with Gasteiger partial charge in [0.15, 0.2) is 0 Å². The summed E-state index contributed by atoms with van der Waals surface area (Å²) in [7, 11) is 0. The average molecular weight is 312 g/mol. The fourth-order valence-corrected chi connectivity index (χ4v) is 3.14. The van der Waals surface area contributed by atoms with E-state index in [2.05, 4.69) is 17.2 Å². The Kier molecular flexibility index (Phi) is 4.39. The van der Waals surface area contributed by atoms with Crippen LogP contribution in [0.5, 0.6) is 0 Å². The molecule has 19 heavy (non-hydrogen) atoms. The van der Waals surface area contributed by atoms with Crippen molar-refractivity contribution < 1.29 is 0 Å². The van der Waals surface area contributed by atoms with Crippen molar-refractivity contribution in [3.05, 3.63) is 44.7 Å². The number of aryl methyl sites for hydroxylation is 1. The van der Waals surface area contributed by atoms with Crippen molar-refractivity contribution in [1.29, 1.82) is 0 Å². The monoisotopic (exact) mass is 311 g/mol. The number of pyridine rings is 1. The third-order valence-electron chi connectivity index (χ3n) is 2.78. The van der Waals surface area contributed by atoms with Gasteiger partial charge in [-0.3, -0.25) is 0 Å². The Morgan fingerprint density at radius 3 is 2.79 bits per heavy atom. The van der Waals surface area contributed by atoms with E-state index in [1.54, 1.807) is 17.5 Å². The molecular formula is C13H14ClN3S2. The first-order chi connectivity index (χ1) is 8.99. The maximum atomic E-state index is 5.95. The van der Waals surface area contributed by atoms with Crippen LogP contribution in [0.4, 0.5) is 5.82 Å². The maximum absolute atomic E-state index is 5.95. The lowest BCUT2D eigenvalue weighted by atomic mass is 10.1. The van der Waals surface area contributed by atoms with Crippen LogP contribution >= 0.6 is 35.2 Å². The molecule has 3 N–H and O–H groups in total. The molecule has 0 radical (unpaired) electrons. The van der Waals surface area contributed by atoms with Crippen molar-refractivity contribution in [3.8, 4) is 0 Å². The molecule has 2 heterocycles. The van der Waals surface area contributed by atoms with E-state index < -0.39 is 0 Å². The number of thiocarbonyl (C=S) groups is 1. The van der Waals surface area contributed by atoms with Gasteiger partial charge in [-0.1, -0.05) is 23.8 Å². The number of nitrogens with two attached hydrogens (primary N) is 1. The zero-order chi connectivity index (χ0) is 14.0. The molecule has 3 nitrogen and oxygen atoms in total. The number of nitrogens with one attached hydrogen (secondary N) is 1. The van der Waals surface area contributed by atoms with Crippen molar-refractivity contribution in [2.45, 2.75) is 19.9 Å². The first-order valence-corrected chi connectivity index (χ1v) is 7.36. The van der Waals surface area contributed by atoms with Gasteiger partial charge in [-0.25, -0.2) is 4.98 Å². The van der Waals surface area contributed by atoms with Crippen LogP contribution in [0.25, 0.3) is 0 Å². The molecule has 0 spiro atoms. The second kappa shape index (κ2) is 5.86. The molecule has 0 saturated heterocycles. The Hall–Kier alpha value is -1.17. The first kappa shape index (κ1) is 14.2. The van der Waals surface area contributed by atoms with Crippen molar-refractivity contribution >= 4 is 46.0 Å². The van der Waals surface area contributed by atoms with Crippen LogP contribution in [0.1, 0.15) is 29.0 Å². The molecule has 1 unspecified atom stereocenters. The Morgan fingerprint density at radius 2 is 2.21 bits per heavy atom. The fraction of sp³-hybridized carbons (Fsp3) is 0.231. The smallest absolute Gasteiger partial charge is 0.136 e. The topological polar surface area (TPSA) is 50.9 Å². The van der Waals surface area contributed by atoms with Crippen LogP contribution in [0.3, 0.4) is 0 Å². The highest BCUT2D eigenvalue weighted by atomic mass is 35.5. The minimum Gasteiger partial charge on any atom is -0.389 e. The van der Waals surface area contributed by atoms with E-state index in [-0.39, 0.29) is 6.04 Å². The van der Waals surface area contributed by atoms with Gasteiger partial charge in [0.2, 0.25) is 0 Å². The highest BCUT2D eigenvalue weighted by molar-refractivity contribution is 7.80. The molecule has 6 heteroatoms. The van der Waals surface area contributed by atoms with Crippen molar-refractivity contribution in [2.24, 2.45) is 5.73 Å². The molecule has 0 bridgehead atoms. The van der Waals surface area contributed by atoms with Crippen molar-refractivity contribution in [1.82, 2.24) is 4.98 Å². The highest BCUT2D eigenvalue weighted by Crippen LogP contribution is 2.29. The number of nitrogens with zero attached hydrogens (tertiary/aromatic N) is 1. The van der Waals surface area contributed by atoms with Crippen LogP contribution < -0.4 is 11.1 Å². The van der Waals surface area contributed by atoms with Crippen LogP contribution in [0.2, 0.25) is 4.34 Å². The van der Waals surface area contributed by atoms with E-state index in [4.69, 9.17) is 29.6 Å². The minimum absolute atomic E-state index is 0.0971. The summed E-state index contributed by atoms with van der Waals surface area (Å²) in [5.41, 5.74) is 7.58. The lowest BCUT2D eigenvalue weighted by Crippen LogP contribution is -2.17. The summed E-state index contributed by atoms with van der Waals surface area (Å²) in [6.45, 7) is 4.02. The second-order valence-electron chi connectivity index (χ2n) is 4.22. The van der Waals surface area contributed by atoms with Gasteiger partial charge >= 0.3 is 0 Å². The summed E-state index contributed by atoms with van der Waals surface area (Å²) < 4.78 is 0.774. The predicted molar refractivity (Wildman–Crippen MR) is 86.2 cm³/mol. The number of rotatable bonds is 4. The van der Waals surface area contributed by atoms with Crippen LogP contribution in [-0.4, -0.2) is 9.97 Å². The predicted octanol–water partition coefficient (Wildman–Crippen LogP) is 3.91. The number of hydrogen-bond acceptors (Lipinski definition) is 4. The average Bonchev–Trinajstić information content (AvgIpc) is 2.75. The fourth-order valence-electron chi connectivity index (χ4n) is 1.82. The van der Waals surface area contributed by atoms with E-state index in [0.717, 1.165) is 20.3 Å². The van der Waals surface area contributed by atoms with E-state index in [0.29, 0.717) is 10.8 Å². The Labute approximate surface area is 126 Å². The van der Waals surface area contributed by atoms with E-state index in [1.807, 2.05) is 25.1 Å². The van der Waals surface area contributed by atoms with Gasteiger partial charge in [-0.2, -0.15) is 0 Å². The summed E-state index contributed by atoms with van der Waals surface area (Å²) in [4.78, 5) is 5.82. The Bertz CT molecular complexity index is 610. The standard InChI is InChI=1S/C13H14ClN3S2/c1-7-5-6-16-13(11(7)12(15)18)17-8(2)9-3-4-10(14)19-9/h3-6,8H,1-2H3,(H2,15,18)(H,16,17). The maximum Gasteiger partial charge on any atom is 0.136 e. The molecule has 0 saturated carbocycles. The SMILES string of the molecule is Cc1ccnc(NC(C)c2ccc(Cl)s2)c1C(N)=S. The minimum atomic E-state index is 0.0971. The van der Waals surface area contributed by atoms with Gasteiger partial charge in [0, 0.05) is 11.1 Å². The molecule has 0 aromatic carbocycles. The van der Waals surface area contributed by atoms with Gasteiger partial charge < -0.3 is 11.1 Å². The first-order valence-electron chi connectivity index (χ1n) is 5.76. The molecule has 0 aliphatic rings. The summed E-state index contributed by atoms with van der Waals surface area (Å²) >= 11 is 12.6. The number of halogens is 1. The third-order valence-corrected chi connectivity index (χ3v) is 4.40. The molecular weight excluding hydrogens is 298 g/mol. The molecule has 2 aromatic rings. The lowest BCUT2D eigenvalue weighted by molar-refractivity contribution is 0.895. The highest BCUT2D eigenvalue weighted by Gasteiger charge is 2.14. The second-order valence-corrected chi connectivity index (χ2v) is 6.41. The molecule has 0 aliphatic heterocycles. The molecule has 2 aromatic heterocycles. The molecule has 0 fully saturated rings. The van der Waals surface area contributed by atoms with Crippen molar-refractivity contribution in [2.75, 3.05) is 5.32 Å². The zero-order valence-electron chi connectivity index (χ0n) is 10.6. The van der Waals surface area contributed by atoms with Crippen LogP contribution in [0, 0.1) is 6.92 Å². The van der Waals surface area contributed by atoms with E-state index >= 15 is 0 Å². The van der Waals surface area contributed by atoms with E-state index in [9.17, 15) is 0 Å². The van der Waals surface area contributed by atoms with Crippen LogP contribution in [0.15, 0.2) is 24.4 Å². The molecule has 1 atom stereocenters. The normalized spacial score (nSPS) is 12.2.